The van der Waals surface area contributed by atoms with Crippen molar-refractivity contribution in [3.8, 4) is 11.6 Å². The molecule has 12 heteroatoms. The zero-order valence-corrected chi connectivity index (χ0v) is 27.4. The number of benzene rings is 1. The van der Waals surface area contributed by atoms with Crippen LogP contribution in [0.3, 0.4) is 0 Å². The molecule has 0 radical (unpaired) electrons. The molecule has 0 unspecified atom stereocenters. The summed E-state index contributed by atoms with van der Waals surface area (Å²) in [7, 11) is 3.70. The van der Waals surface area contributed by atoms with E-state index < -0.39 is 11.9 Å². The predicted molar refractivity (Wildman–Crippen MR) is 168 cm³/mol. The Morgan fingerprint density at radius 3 is 2.61 bits per heavy atom. The van der Waals surface area contributed by atoms with Gasteiger partial charge >= 0.3 is 0 Å². The van der Waals surface area contributed by atoms with Gasteiger partial charge in [0.1, 0.15) is 17.9 Å². The molecule has 44 heavy (non-hydrogen) atoms. The number of likely N-dealkylation sites (N-methyl/N-ethyl adjacent to an activating group) is 1. The van der Waals surface area contributed by atoms with Crippen molar-refractivity contribution in [2.24, 2.45) is 11.3 Å². The quantitative estimate of drug-likeness (QED) is 0.320. The van der Waals surface area contributed by atoms with Crippen LogP contribution in [-0.4, -0.2) is 126 Å². The van der Waals surface area contributed by atoms with Gasteiger partial charge in [-0.15, -0.1) is 10.2 Å². The summed E-state index contributed by atoms with van der Waals surface area (Å²) >= 11 is 0. The highest BCUT2D eigenvalue weighted by Crippen LogP contribution is 2.44. The van der Waals surface area contributed by atoms with E-state index in [2.05, 4.69) is 43.7 Å². The van der Waals surface area contributed by atoms with E-state index in [1.165, 1.54) is 24.5 Å². The number of ether oxygens (including phenoxy) is 2. The summed E-state index contributed by atoms with van der Waals surface area (Å²) in [6.07, 6.45) is 2.73. The third-order valence-corrected chi connectivity index (χ3v) is 8.94. The van der Waals surface area contributed by atoms with Gasteiger partial charge in [0.15, 0.2) is 5.82 Å². The van der Waals surface area contributed by atoms with Gasteiger partial charge in [0, 0.05) is 70.4 Å². The molecule has 0 aliphatic carbocycles. The first kappa shape index (κ1) is 34.0. The molecule has 4 rings (SSSR count). The lowest BCUT2D eigenvalue weighted by molar-refractivity contribution is -0.0484. The van der Waals surface area contributed by atoms with Crippen molar-refractivity contribution < 1.29 is 23.8 Å². The van der Waals surface area contributed by atoms with Crippen LogP contribution in [0.25, 0.3) is 0 Å². The molecule has 2 atom stereocenters. The summed E-state index contributed by atoms with van der Waals surface area (Å²) in [6, 6.07) is 4.18. The van der Waals surface area contributed by atoms with Gasteiger partial charge in [0.25, 0.3) is 11.8 Å². The fraction of sp³-hybridized carbons (Fsp3) is 0.688. The Morgan fingerprint density at radius 2 is 1.95 bits per heavy atom. The molecule has 1 aromatic carbocycles. The molecule has 11 nitrogen and oxygen atoms in total. The number of aliphatic hydroxyl groups is 1. The first-order valence-corrected chi connectivity index (χ1v) is 15.8. The van der Waals surface area contributed by atoms with E-state index in [0.29, 0.717) is 37.5 Å². The van der Waals surface area contributed by atoms with E-state index in [4.69, 9.17) is 9.47 Å². The maximum absolute atomic E-state index is 14.3. The summed E-state index contributed by atoms with van der Waals surface area (Å²) < 4.78 is 25.6. The first-order chi connectivity index (χ1) is 21.0. The van der Waals surface area contributed by atoms with Crippen LogP contribution in [-0.2, 0) is 4.74 Å². The van der Waals surface area contributed by atoms with Gasteiger partial charge in [-0.05, 0) is 64.8 Å². The van der Waals surface area contributed by atoms with Gasteiger partial charge in [0.2, 0.25) is 0 Å². The molecule has 2 aliphatic heterocycles. The van der Waals surface area contributed by atoms with E-state index in [0.717, 1.165) is 45.6 Å². The second-order valence-electron chi connectivity index (χ2n) is 13.0. The summed E-state index contributed by atoms with van der Waals surface area (Å²) in [5.74, 6) is 0.561. The number of anilines is 1. The maximum Gasteiger partial charge on any atom is 0.282 e. The number of carbonyl (C=O) groups is 1. The first-order valence-electron chi connectivity index (χ1n) is 15.8. The van der Waals surface area contributed by atoms with Crippen LogP contribution in [0, 0.1) is 17.2 Å². The van der Waals surface area contributed by atoms with Crippen molar-refractivity contribution in [2.75, 3.05) is 71.5 Å². The van der Waals surface area contributed by atoms with Gasteiger partial charge in [-0.2, -0.15) is 0 Å². The number of rotatable bonds is 15. The van der Waals surface area contributed by atoms with Gasteiger partial charge in [-0.1, -0.05) is 13.8 Å². The Labute approximate surface area is 261 Å². The molecule has 244 valence electrons. The zero-order valence-electron chi connectivity index (χ0n) is 27.4. The number of likely N-dealkylation sites (tertiary alicyclic amines) is 1. The van der Waals surface area contributed by atoms with Gasteiger partial charge in [-0.25, -0.2) is 9.37 Å². The molecule has 1 aromatic heterocycles. The lowest BCUT2D eigenvalue weighted by Crippen LogP contribution is -2.62. The van der Waals surface area contributed by atoms with Crippen molar-refractivity contribution in [3.63, 3.8) is 0 Å². The van der Waals surface area contributed by atoms with Crippen molar-refractivity contribution in [2.45, 2.75) is 65.6 Å². The molecule has 1 amide bonds. The smallest absolute Gasteiger partial charge is 0.282 e. The standard InChI is InChI=1S/C32H50FN7O4/c1-8-40(23(4)5)31(42)26-15-24(33)9-10-28(26)44-30-29(34-21-35-36-30)38-12-11-32(18-38)19-39(20-32)27(22(2)3)16-25(41)17-37(6)13-14-43-7/h9-10,15,21-23,25,27,41H,8,11-14,16-20H2,1-7H3/t25-,27-/m1/s1. The normalized spacial score (nSPS) is 17.9. The molecule has 2 fully saturated rings. The van der Waals surface area contributed by atoms with Crippen LogP contribution in [0.2, 0.25) is 0 Å². The Kier molecular flexibility index (Phi) is 11.5. The van der Waals surface area contributed by atoms with Gasteiger partial charge < -0.3 is 29.3 Å². The predicted octanol–water partition coefficient (Wildman–Crippen LogP) is 3.54. The van der Waals surface area contributed by atoms with Gasteiger partial charge in [0.05, 0.1) is 18.3 Å². The lowest BCUT2D eigenvalue weighted by Gasteiger charge is -2.53. The fourth-order valence-electron chi connectivity index (χ4n) is 6.62. The van der Waals surface area contributed by atoms with E-state index in [1.807, 2.05) is 27.8 Å². The number of amides is 1. The number of hydrogen-bond acceptors (Lipinski definition) is 10. The number of halogens is 1. The van der Waals surface area contributed by atoms with E-state index in [1.54, 1.807) is 12.0 Å². The van der Waals surface area contributed by atoms with E-state index in [9.17, 15) is 14.3 Å². The van der Waals surface area contributed by atoms with Crippen LogP contribution in [0.4, 0.5) is 10.2 Å². The Bertz CT molecular complexity index is 1240. The van der Waals surface area contributed by atoms with Crippen molar-refractivity contribution in [1.29, 1.82) is 0 Å². The highest BCUT2D eigenvalue weighted by Gasteiger charge is 2.50. The monoisotopic (exact) mass is 615 g/mol. The molecule has 0 saturated carbocycles. The minimum atomic E-state index is -0.514. The van der Waals surface area contributed by atoms with Crippen molar-refractivity contribution in [1.82, 2.24) is 29.9 Å². The van der Waals surface area contributed by atoms with Crippen molar-refractivity contribution in [3.05, 3.63) is 35.9 Å². The zero-order chi connectivity index (χ0) is 32.0. The number of nitrogens with zero attached hydrogens (tertiary/aromatic N) is 7. The minimum absolute atomic E-state index is 0.0546. The van der Waals surface area contributed by atoms with Crippen molar-refractivity contribution >= 4 is 11.7 Å². The SMILES string of the molecule is CCN(C(=O)c1cc(F)ccc1Oc1nncnc1N1CCC2(C1)CN([C@H](C[C@@H](O)CN(C)CCOC)C(C)C)C2)C(C)C. The van der Waals surface area contributed by atoms with E-state index >= 15 is 0 Å². The van der Waals surface area contributed by atoms with Crippen LogP contribution < -0.4 is 9.64 Å². The largest absolute Gasteiger partial charge is 0.434 e. The Morgan fingerprint density at radius 1 is 1.20 bits per heavy atom. The average Bonchev–Trinajstić information content (AvgIpc) is 3.41. The second kappa shape index (κ2) is 14.9. The lowest BCUT2D eigenvalue weighted by atomic mass is 9.76. The second-order valence-corrected chi connectivity index (χ2v) is 13.0. The molecule has 0 bridgehead atoms. The third kappa shape index (κ3) is 8.01. The molecule has 2 saturated heterocycles. The van der Waals surface area contributed by atoms with Gasteiger partial charge in [-0.3, -0.25) is 9.69 Å². The summed E-state index contributed by atoms with van der Waals surface area (Å²) in [5.41, 5.74) is 0.252. The number of hydrogen-bond donors (Lipinski definition) is 1. The van der Waals surface area contributed by atoms with E-state index in [-0.39, 0.29) is 34.6 Å². The molecule has 2 aliphatic rings. The topological polar surface area (TPSA) is 107 Å². The molecular weight excluding hydrogens is 565 g/mol. The highest BCUT2D eigenvalue weighted by molar-refractivity contribution is 5.97. The third-order valence-electron chi connectivity index (χ3n) is 8.94. The Hall–Kier alpha value is -2.93. The molecule has 2 aromatic rings. The summed E-state index contributed by atoms with van der Waals surface area (Å²) in [5, 5.41) is 19.0. The molecule has 1 N–H and O–H groups in total. The fourth-order valence-corrected chi connectivity index (χ4v) is 6.62. The Balaban J connectivity index is 1.43. The van der Waals surface area contributed by atoms with Crippen LogP contribution in [0.15, 0.2) is 24.5 Å². The molecule has 3 heterocycles. The van der Waals surface area contributed by atoms with Crippen LogP contribution in [0.1, 0.15) is 57.8 Å². The number of aliphatic hydroxyl groups excluding tert-OH is 1. The summed E-state index contributed by atoms with van der Waals surface area (Å²) in [6.45, 7) is 16.2. The maximum atomic E-state index is 14.3. The number of methoxy groups -OCH3 is 1. The highest BCUT2D eigenvalue weighted by atomic mass is 19.1. The van der Waals surface area contributed by atoms with Crippen LogP contribution in [0.5, 0.6) is 11.6 Å². The molecule has 1 spiro atoms. The average molecular weight is 616 g/mol. The number of aromatic nitrogens is 3. The van der Waals surface area contributed by atoms with Crippen LogP contribution >= 0.6 is 0 Å². The minimum Gasteiger partial charge on any atom is -0.434 e. The number of carbonyl (C=O) groups excluding carboxylic acids is 1. The molecular formula is C32H50FN7O4. The summed E-state index contributed by atoms with van der Waals surface area (Å²) in [4.78, 5) is 26.3.